The van der Waals surface area contributed by atoms with Gasteiger partial charge in [-0.1, -0.05) is 5.57 Å². The van der Waals surface area contributed by atoms with Crippen LogP contribution in [0.3, 0.4) is 0 Å². The molecule has 0 atom stereocenters. The van der Waals surface area contributed by atoms with Crippen molar-refractivity contribution in [3.8, 4) is 5.75 Å². The normalized spacial score (nSPS) is 16.6. The summed E-state index contributed by atoms with van der Waals surface area (Å²) >= 11 is 0. The van der Waals surface area contributed by atoms with Gasteiger partial charge in [-0.15, -0.1) is 13.2 Å². The molecule has 1 amide bonds. The Morgan fingerprint density at radius 1 is 1.03 bits per heavy atom. The van der Waals surface area contributed by atoms with E-state index in [4.69, 9.17) is 0 Å². The molecule has 0 aromatic heterocycles. The summed E-state index contributed by atoms with van der Waals surface area (Å²) in [6, 6.07) is 8.85. The summed E-state index contributed by atoms with van der Waals surface area (Å²) in [5.74, 6) is -0.600. The van der Waals surface area contributed by atoms with Crippen LogP contribution in [-0.2, 0) is 14.8 Å². The maximum absolute atomic E-state index is 12.9. The molecule has 4 rings (SSSR count). The zero-order valence-corrected chi connectivity index (χ0v) is 17.3. The molecule has 1 aliphatic heterocycles. The van der Waals surface area contributed by atoms with Gasteiger partial charge in [0.2, 0.25) is 0 Å². The number of fused-ring (bicyclic) bond motifs is 1. The van der Waals surface area contributed by atoms with Crippen molar-refractivity contribution in [2.45, 2.75) is 36.9 Å². The molecule has 1 N–H and O–H groups in total. The van der Waals surface area contributed by atoms with Crippen LogP contribution in [-0.4, -0.2) is 27.7 Å². The zero-order chi connectivity index (χ0) is 22.4. The highest BCUT2D eigenvalue weighted by Crippen LogP contribution is 2.42. The predicted octanol–water partition coefficient (Wildman–Crippen LogP) is 4.69. The van der Waals surface area contributed by atoms with Gasteiger partial charge in [0.1, 0.15) is 5.75 Å². The number of ether oxygens (including phenoxy) is 1. The number of alkyl halides is 3. The van der Waals surface area contributed by atoms with Crippen LogP contribution in [0.25, 0.3) is 5.57 Å². The molecule has 0 radical (unpaired) electrons. The van der Waals surface area contributed by atoms with Crippen LogP contribution in [0.5, 0.6) is 5.75 Å². The molecule has 1 aliphatic carbocycles. The molecule has 0 spiro atoms. The Bertz CT molecular complexity index is 1160. The highest BCUT2D eigenvalue weighted by molar-refractivity contribution is 7.92. The van der Waals surface area contributed by atoms with Gasteiger partial charge < -0.3 is 9.64 Å². The molecule has 2 aromatic carbocycles. The average molecular weight is 452 g/mol. The summed E-state index contributed by atoms with van der Waals surface area (Å²) in [5.41, 5.74) is 2.92. The standard InChI is InChI=1S/C21H19F3N2O4S/c1-26-18-11-10-16(12-17(18)19(20(26)27)13-4-2-3-5-13)31(28,29)25-14-6-8-15(9-7-14)30-21(22,23)24/h6-12,25H,2-5H2,1H3. The number of allylic oxidation sites excluding steroid dienone is 1. The zero-order valence-electron chi connectivity index (χ0n) is 16.5. The molecule has 6 nitrogen and oxygen atoms in total. The van der Waals surface area contributed by atoms with E-state index in [2.05, 4.69) is 9.46 Å². The first kappa shape index (κ1) is 21.2. The number of amides is 1. The minimum atomic E-state index is -4.83. The Kier molecular flexibility index (Phi) is 5.20. The van der Waals surface area contributed by atoms with Crippen molar-refractivity contribution in [1.29, 1.82) is 0 Å². The fourth-order valence-electron chi connectivity index (χ4n) is 3.90. The fraction of sp³-hybridized carbons (Fsp3) is 0.286. The first-order chi connectivity index (χ1) is 14.5. The minimum Gasteiger partial charge on any atom is -0.406 e. The van der Waals surface area contributed by atoms with Gasteiger partial charge in [-0.2, -0.15) is 0 Å². The van der Waals surface area contributed by atoms with E-state index in [9.17, 15) is 26.4 Å². The monoisotopic (exact) mass is 452 g/mol. The van der Waals surface area contributed by atoms with Crippen LogP contribution in [0.2, 0.25) is 0 Å². The van der Waals surface area contributed by atoms with E-state index < -0.39 is 22.1 Å². The molecular formula is C21H19F3N2O4S. The van der Waals surface area contributed by atoms with Crippen molar-refractivity contribution in [1.82, 2.24) is 0 Å². The van der Waals surface area contributed by atoms with Gasteiger partial charge in [-0.3, -0.25) is 9.52 Å². The molecule has 0 saturated heterocycles. The van der Waals surface area contributed by atoms with Crippen molar-refractivity contribution in [2.75, 3.05) is 16.7 Å². The summed E-state index contributed by atoms with van der Waals surface area (Å²) in [6.45, 7) is 0. The highest BCUT2D eigenvalue weighted by atomic mass is 32.2. The number of halogens is 3. The summed E-state index contributed by atoms with van der Waals surface area (Å²) in [7, 11) is -2.38. The minimum absolute atomic E-state index is 0.0407. The van der Waals surface area contributed by atoms with E-state index in [0.717, 1.165) is 43.4 Å². The van der Waals surface area contributed by atoms with Gasteiger partial charge in [-0.05, 0) is 68.1 Å². The first-order valence-electron chi connectivity index (χ1n) is 9.58. The number of anilines is 2. The molecule has 2 aromatic rings. The maximum Gasteiger partial charge on any atom is 0.573 e. The van der Waals surface area contributed by atoms with Crippen LogP contribution in [0, 0.1) is 0 Å². The molecule has 31 heavy (non-hydrogen) atoms. The van der Waals surface area contributed by atoms with E-state index in [1.54, 1.807) is 13.1 Å². The summed E-state index contributed by atoms with van der Waals surface area (Å²) in [6.07, 6.45) is -1.20. The number of carbonyl (C=O) groups excluding carboxylic acids is 1. The van der Waals surface area contributed by atoms with E-state index in [1.807, 2.05) is 0 Å². The largest absolute Gasteiger partial charge is 0.573 e. The van der Waals surface area contributed by atoms with Crippen LogP contribution < -0.4 is 14.4 Å². The van der Waals surface area contributed by atoms with Crippen LogP contribution in [0.15, 0.2) is 52.9 Å². The second-order valence-corrected chi connectivity index (χ2v) is 9.09. The number of rotatable bonds is 4. The number of hydrogen-bond donors (Lipinski definition) is 1. The molecule has 164 valence electrons. The molecular weight excluding hydrogens is 433 g/mol. The third-order valence-corrected chi connectivity index (χ3v) is 6.71. The van der Waals surface area contributed by atoms with E-state index in [0.29, 0.717) is 16.8 Å². The third kappa shape index (κ3) is 4.25. The average Bonchev–Trinajstić information content (AvgIpc) is 3.29. The number of likely N-dealkylation sites (N-methyl/N-ethyl adjacent to an activating group) is 1. The van der Waals surface area contributed by atoms with E-state index in [-0.39, 0.29) is 16.5 Å². The molecule has 1 saturated carbocycles. The summed E-state index contributed by atoms with van der Waals surface area (Å²) < 4.78 is 68.7. The number of nitrogens with one attached hydrogen (secondary N) is 1. The number of nitrogens with zero attached hydrogens (tertiary/aromatic N) is 1. The Morgan fingerprint density at radius 2 is 1.68 bits per heavy atom. The Morgan fingerprint density at radius 3 is 2.29 bits per heavy atom. The summed E-state index contributed by atoms with van der Waals surface area (Å²) in [5, 5.41) is 0. The predicted molar refractivity (Wildman–Crippen MR) is 109 cm³/mol. The van der Waals surface area contributed by atoms with Gasteiger partial charge in [0.05, 0.1) is 10.6 Å². The van der Waals surface area contributed by atoms with Crippen LogP contribution >= 0.6 is 0 Å². The second kappa shape index (κ2) is 7.60. The van der Waals surface area contributed by atoms with Gasteiger partial charge in [0.25, 0.3) is 15.9 Å². The lowest BCUT2D eigenvalue weighted by molar-refractivity contribution is -0.274. The Balaban J connectivity index is 1.63. The topological polar surface area (TPSA) is 75.7 Å². The number of hydrogen-bond acceptors (Lipinski definition) is 4. The highest BCUT2D eigenvalue weighted by Gasteiger charge is 2.34. The van der Waals surface area contributed by atoms with Gasteiger partial charge in [-0.25, -0.2) is 8.42 Å². The van der Waals surface area contributed by atoms with Gasteiger partial charge in [0.15, 0.2) is 0 Å². The van der Waals surface area contributed by atoms with Crippen molar-refractivity contribution in [2.24, 2.45) is 0 Å². The number of sulfonamides is 1. The third-order valence-electron chi connectivity index (χ3n) is 5.33. The molecule has 1 heterocycles. The van der Waals surface area contributed by atoms with Crippen LogP contribution in [0.4, 0.5) is 24.5 Å². The number of carbonyl (C=O) groups is 1. The lowest BCUT2D eigenvalue weighted by atomic mass is 10.00. The first-order valence-corrected chi connectivity index (χ1v) is 11.1. The van der Waals surface area contributed by atoms with Crippen LogP contribution in [0.1, 0.15) is 31.2 Å². The van der Waals surface area contributed by atoms with E-state index >= 15 is 0 Å². The summed E-state index contributed by atoms with van der Waals surface area (Å²) in [4.78, 5) is 14.2. The fourth-order valence-corrected chi connectivity index (χ4v) is 4.98. The molecule has 1 fully saturated rings. The van der Waals surface area contributed by atoms with E-state index in [1.165, 1.54) is 29.2 Å². The van der Waals surface area contributed by atoms with Gasteiger partial charge >= 0.3 is 6.36 Å². The van der Waals surface area contributed by atoms with Crippen molar-refractivity contribution >= 4 is 32.9 Å². The smallest absolute Gasteiger partial charge is 0.406 e. The Labute approximate surface area is 177 Å². The van der Waals surface area contributed by atoms with Gasteiger partial charge in [0, 0.05) is 23.9 Å². The SMILES string of the molecule is CN1C(=O)C(=C2CCCC2)c2cc(S(=O)(=O)Nc3ccc(OC(F)(F)F)cc3)ccc21. The second-order valence-electron chi connectivity index (χ2n) is 7.41. The maximum atomic E-state index is 12.9. The molecule has 0 unspecified atom stereocenters. The molecule has 10 heteroatoms. The lowest BCUT2D eigenvalue weighted by Crippen LogP contribution is -2.20. The van der Waals surface area contributed by atoms with Crippen molar-refractivity contribution < 1.29 is 31.1 Å². The number of benzene rings is 2. The molecule has 0 bridgehead atoms. The lowest BCUT2D eigenvalue weighted by Gasteiger charge is -2.12. The molecule has 2 aliphatic rings. The van der Waals surface area contributed by atoms with Crippen molar-refractivity contribution in [3.63, 3.8) is 0 Å². The van der Waals surface area contributed by atoms with Crippen molar-refractivity contribution in [3.05, 3.63) is 53.6 Å². The quantitative estimate of drug-likeness (QED) is 0.683. The Hall–Kier alpha value is -3.01.